The van der Waals surface area contributed by atoms with Crippen molar-refractivity contribution in [2.24, 2.45) is 0 Å². The van der Waals surface area contributed by atoms with E-state index in [1.54, 1.807) is 41.5 Å². The molecule has 0 radical (unpaired) electrons. The fourth-order valence-corrected chi connectivity index (χ4v) is 3.74. The fourth-order valence-electron chi connectivity index (χ4n) is 2.16. The van der Waals surface area contributed by atoms with Crippen LogP contribution in [0.4, 0.5) is 0 Å². The number of halogens is 2. The maximum absolute atomic E-state index is 12.5. The third-order valence-corrected chi connectivity index (χ3v) is 4.89. The number of carbonyl (C=O) groups is 1. The summed E-state index contributed by atoms with van der Waals surface area (Å²) in [4.78, 5) is 18.6. The summed E-state index contributed by atoms with van der Waals surface area (Å²) in [5.41, 5.74) is 1.27. The molecule has 0 unspecified atom stereocenters. The van der Waals surface area contributed by atoms with Crippen LogP contribution in [0.15, 0.2) is 42.5 Å². The fraction of sp³-hybridized carbons (Fsp3) is 0.125. The molecule has 1 aromatic heterocycles. The Morgan fingerprint density at radius 2 is 1.82 bits per heavy atom. The Morgan fingerprint density at radius 3 is 2.50 bits per heavy atom. The van der Waals surface area contributed by atoms with E-state index < -0.39 is 0 Å². The molecule has 0 saturated carbocycles. The molecule has 0 saturated heterocycles. The highest BCUT2D eigenvalue weighted by Crippen LogP contribution is 2.27. The van der Waals surface area contributed by atoms with Crippen molar-refractivity contribution in [3.05, 3.63) is 63.1 Å². The number of carbonyl (C=O) groups excluding carboxylic acids is 1. The zero-order valence-electron chi connectivity index (χ0n) is 11.7. The van der Waals surface area contributed by atoms with E-state index in [-0.39, 0.29) is 5.91 Å². The zero-order valence-corrected chi connectivity index (χ0v) is 14.0. The molecular weight excluding hydrogens is 339 g/mol. The molecule has 3 aromatic rings. The van der Waals surface area contributed by atoms with Crippen molar-refractivity contribution in [3.63, 3.8) is 0 Å². The average Bonchev–Trinajstić information content (AvgIpc) is 2.89. The van der Waals surface area contributed by atoms with Gasteiger partial charge in [-0.15, -0.1) is 11.3 Å². The lowest BCUT2D eigenvalue weighted by molar-refractivity contribution is 0.0785. The van der Waals surface area contributed by atoms with Crippen LogP contribution < -0.4 is 0 Å². The summed E-state index contributed by atoms with van der Waals surface area (Å²) in [7, 11) is 1.72. The quantitative estimate of drug-likeness (QED) is 0.674. The second kappa shape index (κ2) is 6.24. The molecule has 0 bridgehead atoms. The van der Waals surface area contributed by atoms with Gasteiger partial charge < -0.3 is 4.90 Å². The number of amides is 1. The SMILES string of the molecule is CN(Cc1nc2ccccc2s1)C(=O)c1c(Cl)cccc1Cl. The van der Waals surface area contributed by atoms with Crippen molar-refractivity contribution in [3.8, 4) is 0 Å². The summed E-state index contributed by atoms with van der Waals surface area (Å²) in [5, 5.41) is 1.59. The van der Waals surface area contributed by atoms with Crippen LogP contribution >= 0.6 is 34.5 Å². The first-order valence-electron chi connectivity index (χ1n) is 6.60. The minimum Gasteiger partial charge on any atom is -0.335 e. The van der Waals surface area contributed by atoms with E-state index in [0.29, 0.717) is 22.2 Å². The first kappa shape index (κ1) is 15.3. The van der Waals surface area contributed by atoms with Gasteiger partial charge in [0.05, 0.1) is 32.4 Å². The molecule has 0 spiro atoms. The van der Waals surface area contributed by atoms with E-state index in [4.69, 9.17) is 23.2 Å². The van der Waals surface area contributed by atoms with E-state index >= 15 is 0 Å². The minimum absolute atomic E-state index is 0.213. The van der Waals surface area contributed by atoms with E-state index in [2.05, 4.69) is 4.98 Å². The van der Waals surface area contributed by atoms with Gasteiger partial charge in [-0.05, 0) is 24.3 Å². The second-order valence-corrected chi connectivity index (χ2v) is 6.76. The highest BCUT2D eigenvalue weighted by Gasteiger charge is 2.19. The number of hydrogen-bond donors (Lipinski definition) is 0. The Labute approximate surface area is 142 Å². The number of nitrogens with zero attached hydrogens (tertiary/aromatic N) is 2. The lowest BCUT2D eigenvalue weighted by Gasteiger charge is -2.17. The van der Waals surface area contributed by atoms with Crippen molar-refractivity contribution in [2.75, 3.05) is 7.05 Å². The molecule has 0 aliphatic rings. The Hall–Kier alpha value is -1.62. The molecule has 22 heavy (non-hydrogen) atoms. The molecule has 3 nitrogen and oxygen atoms in total. The summed E-state index contributed by atoms with van der Waals surface area (Å²) in [6.45, 7) is 0.416. The topological polar surface area (TPSA) is 33.2 Å². The number of fused-ring (bicyclic) bond motifs is 1. The van der Waals surface area contributed by atoms with Gasteiger partial charge in [0, 0.05) is 7.05 Å². The number of hydrogen-bond acceptors (Lipinski definition) is 3. The van der Waals surface area contributed by atoms with Crippen molar-refractivity contribution in [2.45, 2.75) is 6.54 Å². The lowest BCUT2D eigenvalue weighted by Crippen LogP contribution is -2.26. The predicted octanol–water partition coefficient (Wildman–Crippen LogP) is 4.88. The van der Waals surface area contributed by atoms with E-state index in [1.165, 1.54) is 0 Å². The Morgan fingerprint density at radius 1 is 1.14 bits per heavy atom. The van der Waals surface area contributed by atoms with Crippen LogP contribution in [0.3, 0.4) is 0 Å². The van der Waals surface area contributed by atoms with Crippen LogP contribution in [-0.2, 0) is 6.54 Å². The van der Waals surface area contributed by atoms with Gasteiger partial charge in [-0.25, -0.2) is 4.98 Å². The van der Waals surface area contributed by atoms with E-state index in [0.717, 1.165) is 15.2 Å². The molecule has 1 amide bonds. The van der Waals surface area contributed by atoms with Gasteiger partial charge in [0.2, 0.25) is 0 Å². The average molecular weight is 351 g/mol. The molecule has 112 valence electrons. The van der Waals surface area contributed by atoms with Crippen LogP contribution in [-0.4, -0.2) is 22.8 Å². The Balaban J connectivity index is 1.84. The molecule has 1 heterocycles. The van der Waals surface area contributed by atoms with Crippen LogP contribution in [0, 0.1) is 0 Å². The highest BCUT2D eigenvalue weighted by molar-refractivity contribution is 7.18. The summed E-state index contributed by atoms with van der Waals surface area (Å²) >= 11 is 13.8. The largest absolute Gasteiger partial charge is 0.335 e. The predicted molar refractivity (Wildman–Crippen MR) is 91.9 cm³/mol. The van der Waals surface area contributed by atoms with Crippen LogP contribution in [0.5, 0.6) is 0 Å². The van der Waals surface area contributed by atoms with Crippen LogP contribution in [0.2, 0.25) is 10.0 Å². The van der Waals surface area contributed by atoms with Crippen molar-refractivity contribution in [1.29, 1.82) is 0 Å². The Bertz CT molecular complexity index is 794. The molecule has 0 N–H and O–H groups in total. The number of rotatable bonds is 3. The molecule has 6 heteroatoms. The molecule has 0 atom stereocenters. The van der Waals surface area contributed by atoms with Gasteiger partial charge >= 0.3 is 0 Å². The Kier molecular flexibility index (Phi) is 4.34. The maximum atomic E-state index is 12.5. The molecule has 0 fully saturated rings. The van der Waals surface area contributed by atoms with E-state index in [9.17, 15) is 4.79 Å². The third kappa shape index (κ3) is 2.95. The van der Waals surface area contributed by atoms with Crippen LogP contribution in [0.25, 0.3) is 10.2 Å². The van der Waals surface area contributed by atoms with Crippen molar-refractivity contribution < 1.29 is 4.79 Å². The lowest BCUT2D eigenvalue weighted by atomic mass is 10.2. The number of benzene rings is 2. The van der Waals surface area contributed by atoms with Gasteiger partial charge in [0.25, 0.3) is 5.91 Å². The molecule has 3 rings (SSSR count). The smallest absolute Gasteiger partial charge is 0.257 e. The molecular formula is C16H12Cl2N2OS. The normalized spacial score (nSPS) is 10.9. The van der Waals surface area contributed by atoms with E-state index in [1.807, 2.05) is 24.3 Å². The summed E-state index contributed by atoms with van der Waals surface area (Å²) < 4.78 is 1.11. The standard InChI is InChI=1S/C16H12Cl2N2OS/c1-20(16(21)15-10(17)5-4-6-11(15)18)9-14-19-12-7-2-3-8-13(12)22-14/h2-8H,9H2,1H3. The number of aromatic nitrogens is 1. The molecule has 0 aliphatic heterocycles. The van der Waals surface area contributed by atoms with Crippen molar-refractivity contribution >= 4 is 50.7 Å². The number of para-hydroxylation sites is 1. The second-order valence-electron chi connectivity index (χ2n) is 4.83. The first-order chi connectivity index (χ1) is 10.6. The van der Waals surface area contributed by atoms with Gasteiger partial charge in [0.15, 0.2) is 0 Å². The first-order valence-corrected chi connectivity index (χ1v) is 8.17. The highest BCUT2D eigenvalue weighted by atomic mass is 35.5. The maximum Gasteiger partial charge on any atom is 0.257 e. The zero-order chi connectivity index (χ0) is 15.7. The molecule has 2 aromatic carbocycles. The minimum atomic E-state index is -0.213. The summed E-state index contributed by atoms with van der Waals surface area (Å²) in [6.07, 6.45) is 0. The summed E-state index contributed by atoms with van der Waals surface area (Å²) in [5.74, 6) is -0.213. The third-order valence-electron chi connectivity index (χ3n) is 3.23. The summed E-state index contributed by atoms with van der Waals surface area (Å²) in [6, 6.07) is 12.9. The van der Waals surface area contributed by atoms with Gasteiger partial charge in [-0.1, -0.05) is 41.4 Å². The van der Waals surface area contributed by atoms with Gasteiger partial charge in [-0.2, -0.15) is 0 Å². The number of thiazole rings is 1. The van der Waals surface area contributed by atoms with Gasteiger partial charge in [-0.3, -0.25) is 4.79 Å². The van der Waals surface area contributed by atoms with Gasteiger partial charge in [0.1, 0.15) is 5.01 Å². The molecule has 0 aliphatic carbocycles. The van der Waals surface area contributed by atoms with Crippen molar-refractivity contribution in [1.82, 2.24) is 9.88 Å². The van der Waals surface area contributed by atoms with Crippen LogP contribution in [0.1, 0.15) is 15.4 Å². The monoisotopic (exact) mass is 350 g/mol.